The van der Waals surface area contributed by atoms with E-state index in [0.717, 1.165) is 19.4 Å². The first-order valence-corrected chi connectivity index (χ1v) is 8.62. The maximum atomic E-state index is 12.7. The lowest BCUT2D eigenvalue weighted by Crippen LogP contribution is -2.52. The standard InChI is InChI=1S/C18H36N2O/c1-11(2)14(12(3)4)10-20-17(21)15-8-9-16(19)13(5)18(15,6)7/h11-16H,8-10,19H2,1-7H3,(H,20,21). The molecule has 0 bridgehead atoms. The van der Waals surface area contributed by atoms with E-state index in [1.165, 1.54) is 0 Å². The van der Waals surface area contributed by atoms with Crippen LogP contribution in [0.1, 0.15) is 61.3 Å². The van der Waals surface area contributed by atoms with Gasteiger partial charge in [-0.05, 0) is 41.9 Å². The monoisotopic (exact) mass is 296 g/mol. The third kappa shape index (κ3) is 4.21. The zero-order chi connectivity index (χ0) is 16.4. The summed E-state index contributed by atoms with van der Waals surface area (Å²) < 4.78 is 0. The topological polar surface area (TPSA) is 55.1 Å². The summed E-state index contributed by atoms with van der Waals surface area (Å²) in [7, 11) is 0. The maximum absolute atomic E-state index is 12.7. The lowest BCUT2D eigenvalue weighted by Gasteiger charge is -2.46. The van der Waals surface area contributed by atoms with Crippen molar-refractivity contribution >= 4 is 5.91 Å². The van der Waals surface area contributed by atoms with Gasteiger partial charge in [-0.1, -0.05) is 48.5 Å². The van der Waals surface area contributed by atoms with Crippen LogP contribution in [0.2, 0.25) is 0 Å². The Morgan fingerprint density at radius 2 is 1.71 bits per heavy atom. The molecule has 3 nitrogen and oxygen atoms in total. The summed E-state index contributed by atoms with van der Waals surface area (Å²) in [6.07, 6.45) is 1.87. The van der Waals surface area contributed by atoms with E-state index in [-0.39, 0.29) is 23.3 Å². The van der Waals surface area contributed by atoms with Gasteiger partial charge in [-0.3, -0.25) is 4.79 Å². The molecule has 0 spiro atoms. The molecule has 124 valence electrons. The highest BCUT2D eigenvalue weighted by atomic mass is 16.1. The molecule has 0 aliphatic heterocycles. The summed E-state index contributed by atoms with van der Waals surface area (Å²) in [6.45, 7) is 16.3. The average molecular weight is 296 g/mol. The van der Waals surface area contributed by atoms with Crippen LogP contribution in [0.3, 0.4) is 0 Å². The van der Waals surface area contributed by atoms with Crippen LogP contribution >= 0.6 is 0 Å². The van der Waals surface area contributed by atoms with E-state index in [1.807, 2.05) is 0 Å². The normalized spacial score (nSPS) is 29.2. The van der Waals surface area contributed by atoms with Crippen LogP contribution in [-0.4, -0.2) is 18.5 Å². The molecule has 3 atom stereocenters. The van der Waals surface area contributed by atoms with Crippen molar-refractivity contribution in [3.05, 3.63) is 0 Å². The molecule has 1 aliphatic carbocycles. The number of hydrogen-bond acceptors (Lipinski definition) is 2. The van der Waals surface area contributed by atoms with Crippen molar-refractivity contribution in [1.29, 1.82) is 0 Å². The molecule has 3 unspecified atom stereocenters. The predicted octanol–water partition coefficient (Wildman–Crippen LogP) is 3.43. The van der Waals surface area contributed by atoms with Gasteiger partial charge in [-0.15, -0.1) is 0 Å². The molecule has 1 rings (SSSR count). The van der Waals surface area contributed by atoms with Crippen LogP contribution in [0.5, 0.6) is 0 Å². The summed E-state index contributed by atoms with van der Waals surface area (Å²) in [5.74, 6) is 2.43. The van der Waals surface area contributed by atoms with Gasteiger partial charge < -0.3 is 11.1 Å². The zero-order valence-electron chi connectivity index (χ0n) is 15.1. The van der Waals surface area contributed by atoms with Crippen molar-refractivity contribution in [2.24, 2.45) is 40.7 Å². The molecule has 1 fully saturated rings. The Balaban J connectivity index is 2.67. The first-order chi connectivity index (χ1) is 9.59. The molecule has 0 saturated heterocycles. The Morgan fingerprint density at radius 1 is 1.19 bits per heavy atom. The Hall–Kier alpha value is -0.570. The van der Waals surface area contributed by atoms with Crippen molar-refractivity contribution in [3.63, 3.8) is 0 Å². The Kier molecular flexibility index (Phi) is 6.27. The second kappa shape index (κ2) is 7.13. The van der Waals surface area contributed by atoms with Crippen LogP contribution in [0.25, 0.3) is 0 Å². The molecule has 0 aromatic heterocycles. The summed E-state index contributed by atoms with van der Waals surface area (Å²) in [4.78, 5) is 12.7. The fourth-order valence-electron chi connectivity index (χ4n) is 3.90. The van der Waals surface area contributed by atoms with Gasteiger partial charge in [0.2, 0.25) is 5.91 Å². The first-order valence-electron chi connectivity index (χ1n) is 8.62. The number of nitrogens with one attached hydrogen (secondary N) is 1. The maximum Gasteiger partial charge on any atom is 0.223 e. The van der Waals surface area contributed by atoms with Crippen molar-refractivity contribution in [2.45, 2.75) is 67.3 Å². The van der Waals surface area contributed by atoms with Gasteiger partial charge in [0, 0.05) is 18.5 Å². The SMILES string of the molecule is CC(C)C(CNC(=O)C1CCC(N)C(C)C1(C)C)C(C)C. The highest BCUT2D eigenvalue weighted by molar-refractivity contribution is 5.79. The Bertz CT molecular complexity index is 341. The summed E-state index contributed by atoms with van der Waals surface area (Å²) >= 11 is 0. The van der Waals surface area contributed by atoms with Gasteiger partial charge in [0.25, 0.3) is 0 Å². The summed E-state index contributed by atoms with van der Waals surface area (Å²) in [5.41, 5.74) is 6.17. The largest absolute Gasteiger partial charge is 0.356 e. The average Bonchev–Trinajstić information content (AvgIpc) is 2.35. The molecule has 3 N–H and O–H groups in total. The van der Waals surface area contributed by atoms with Crippen LogP contribution in [-0.2, 0) is 4.79 Å². The second-order valence-electron chi connectivity index (χ2n) is 8.30. The van der Waals surface area contributed by atoms with Crippen molar-refractivity contribution in [1.82, 2.24) is 5.32 Å². The van der Waals surface area contributed by atoms with E-state index in [4.69, 9.17) is 5.73 Å². The number of carbonyl (C=O) groups excluding carboxylic acids is 1. The smallest absolute Gasteiger partial charge is 0.223 e. The van der Waals surface area contributed by atoms with Crippen LogP contribution in [0.4, 0.5) is 0 Å². The minimum Gasteiger partial charge on any atom is -0.356 e. The number of amides is 1. The third-order valence-corrected chi connectivity index (χ3v) is 6.04. The predicted molar refractivity (Wildman–Crippen MR) is 89.8 cm³/mol. The Morgan fingerprint density at radius 3 is 2.19 bits per heavy atom. The van der Waals surface area contributed by atoms with Crippen LogP contribution in [0, 0.1) is 35.0 Å². The molecule has 0 heterocycles. The third-order valence-electron chi connectivity index (χ3n) is 6.04. The molecule has 1 aliphatic rings. The molecular weight excluding hydrogens is 260 g/mol. The van der Waals surface area contributed by atoms with Crippen molar-refractivity contribution in [3.8, 4) is 0 Å². The summed E-state index contributed by atoms with van der Waals surface area (Å²) in [6, 6.07) is 0.225. The molecule has 3 heteroatoms. The molecule has 21 heavy (non-hydrogen) atoms. The first kappa shape index (κ1) is 18.5. The van der Waals surface area contributed by atoms with Crippen LogP contribution in [0.15, 0.2) is 0 Å². The van der Waals surface area contributed by atoms with E-state index in [1.54, 1.807) is 0 Å². The van der Waals surface area contributed by atoms with Crippen molar-refractivity contribution in [2.75, 3.05) is 6.54 Å². The number of nitrogens with two attached hydrogens (primary N) is 1. The minimum absolute atomic E-state index is 0.0209. The van der Waals surface area contributed by atoms with Gasteiger partial charge in [-0.2, -0.15) is 0 Å². The van der Waals surface area contributed by atoms with Gasteiger partial charge in [-0.25, -0.2) is 0 Å². The fourth-order valence-corrected chi connectivity index (χ4v) is 3.90. The van der Waals surface area contributed by atoms with Gasteiger partial charge >= 0.3 is 0 Å². The number of hydrogen-bond donors (Lipinski definition) is 2. The highest BCUT2D eigenvalue weighted by Crippen LogP contribution is 2.44. The molecular formula is C18H36N2O. The molecule has 1 saturated carbocycles. The van der Waals surface area contributed by atoms with E-state index >= 15 is 0 Å². The van der Waals surface area contributed by atoms with Gasteiger partial charge in [0.1, 0.15) is 0 Å². The highest BCUT2D eigenvalue weighted by Gasteiger charge is 2.44. The van der Waals surface area contributed by atoms with E-state index in [9.17, 15) is 4.79 Å². The fraction of sp³-hybridized carbons (Fsp3) is 0.944. The van der Waals surface area contributed by atoms with E-state index in [2.05, 4.69) is 53.8 Å². The molecule has 0 aromatic carbocycles. The summed E-state index contributed by atoms with van der Waals surface area (Å²) in [5, 5.41) is 3.23. The van der Waals surface area contributed by atoms with E-state index in [0.29, 0.717) is 23.7 Å². The molecule has 0 aromatic rings. The van der Waals surface area contributed by atoms with Crippen LogP contribution < -0.4 is 11.1 Å². The lowest BCUT2D eigenvalue weighted by atomic mass is 9.61. The Labute approximate surface area is 131 Å². The molecule has 1 amide bonds. The molecule has 0 radical (unpaired) electrons. The van der Waals surface area contributed by atoms with Gasteiger partial charge in [0.15, 0.2) is 0 Å². The second-order valence-corrected chi connectivity index (χ2v) is 8.30. The van der Waals surface area contributed by atoms with E-state index < -0.39 is 0 Å². The number of carbonyl (C=O) groups is 1. The van der Waals surface area contributed by atoms with Gasteiger partial charge in [0.05, 0.1) is 0 Å². The van der Waals surface area contributed by atoms with Crippen molar-refractivity contribution < 1.29 is 4.79 Å². The quantitative estimate of drug-likeness (QED) is 0.816. The number of rotatable bonds is 5. The lowest BCUT2D eigenvalue weighted by molar-refractivity contribution is -0.132. The minimum atomic E-state index is -0.0209. The zero-order valence-corrected chi connectivity index (χ0v) is 15.1.